The normalized spacial score (nSPS) is 12.1. The lowest BCUT2D eigenvalue weighted by Crippen LogP contribution is -2.38. The van der Waals surface area contributed by atoms with E-state index >= 15 is 0 Å². The van der Waals surface area contributed by atoms with Crippen molar-refractivity contribution >= 4 is 16.7 Å². The number of aromatic nitrogens is 2. The summed E-state index contributed by atoms with van der Waals surface area (Å²) in [6, 6.07) is 17.5. The Bertz CT molecular complexity index is 964. The van der Waals surface area contributed by atoms with Crippen LogP contribution in [0.4, 0.5) is 0 Å². The summed E-state index contributed by atoms with van der Waals surface area (Å²) in [6.07, 6.45) is 1.74. The van der Waals surface area contributed by atoms with Gasteiger partial charge in [-0.25, -0.2) is 4.68 Å². The summed E-state index contributed by atoms with van der Waals surface area (Å²) in [6.45, 7) is 3.75. The van der Waals surface area contributed by atoms with Crippen LogP contribution in [0.25, 0.3) is 10.8 Å². The highest BCUT2D eigenvalue weighted by atomic mass is 16.2. The zero-order chi connectivity index (χ0) is 18.5. The maximum Gasteiger partial charge on any atom is 0.275 e. The Hall–Kier alpha value is -2.95. The van der Waals surface area contributed by atoms with Gasteiger partial charge in [-0.1, -0.05) is 48.5 Å². The van der Waals surface area contributed by atoms with Crippen molar-refractivity contribution in [1.82, 2.24) is 15.1 Å². The lowest BCUT2D eigenvalue weighted by atomic mass is 10.1. The third kappa shape index (κ3) is 4.17. The first kappa shape index (κ1) is 17.9. The van der Waals surface area contributed by atoms with Crippen LogP contribution < -0.4 is 10.9 Å². The molecule has 5 nitrogen and oxygen atoms in total. The number of carbonyl (C=O) groups excluding carboxylic acids is 1. The van der Waals surface area contributed by atoms with E-state index in [0.29, 0.717) is 5.39 Å². The Kier molecular flexibility index (Phi) is 5.46. The third-order valence-electron chi connectivity index (χ3n) is 4.46. The summed E-state index contributed by atoms with van der Waals surface area (Å²) in [4.78, 5) is 24.9. The van der Waals surface area contributed by atoms with E-state index in [0.717, 1.165) is 23.9 Å². The van der Waals surface area contributed by atoms with Crippen LogP contribution >= 0.6 is 0 Å². The van der Waals surface area contributed by atoms with Crippen LogP contribution in [0.15, 0.2) is 59.4 Å². The molecule has 1 atom stereocenters. The predicted molar refractivity (Wildman–Crippen MR) is 103 cm³/mol. The molecule has 3 rings (SSSR count). The Morgan fingerprint density at radius 3 is 2.46 bits per heavy atom. The predicted octanol–water partition coefficient (Wildman–Crippen LogP) is 2.84. The van der Waals surface area contributed by atoms with Gasteiger partial charge in [-0.2, -0.15) is 5.10 Å². The highest BCUT2D eigenvalue weighted by Crippen LogP contribution is 2.11. The molecule has 1 heterocycles. The number of rotatable bonds is 6. The third-order valence-corrected chi connectivity index (χ3v) is 4.46. The van der Waals surface area contributed by atoms with Crippen LogP contribution in [-0.2, 0) is 17.8 Å². The van der Waals surface area contributed by atoms with E-state index in [-0.39, 0.29) is 24.1 Å². The smallest absolute Gasteiger partial charge is 0.275 e. The number of amides is 1. The molecule has 0 radical (unpaired) electrons. The van der Waals surface area contributed by atoms with Gasteiger partial charge in [0, 0.05) is 11.4 Å². The van der Waals surface area contributed by atoms with Gasteiger partial charge < -0.3 is 5.32 Å². The van der Waals surface area contributed by atoms with E-state index in [4.69, 9.17) is 0 Å². The molecule has 0 aliphatic rings. The maximum atomic E-state index is 12.5. The molecule has 26 heavy (non-hydrogen) atoms. The molecule has 0 saturated heterocycles. The first-order chi connectivity index (χ1) is 12.5. The molecule has 0 fully saturated rings. The first-order valence-corrected chi connectivity index (χ1v) is 8.84. The fourth-order valence-electron chi connectivity index (χ4n) is 3.07. The van der Waals surface area contributed by atoms with Crippen molar-refractivity contribution in [3.05, 3.63) is 76.2 Å². The lowest BCUT2D eigenvalue weighted by molar-refractivity contribution is -0.122. The molecular formula is C21H23N3O2. The maximum absolute atomic E-state index is 12.5. The summed E-state index contributed by atoms with van der Waals surface area (Å²) in [7, 11) is 0. The highest BCUT2D eigenvalue weighted by Gasteiger charge is 2.12. The van der Waals surface area contributed by atoms with Crippen molar-refractivity contribution in [3.63, 3.8) is 0 Å². The van der Waals surface area contributed by atoms with Gasteiger partial charge in [0.25, 0.3) is 5.56 Å². The van der Waals surface area contributed by atoms with Crippen molar-refractivity contribution in [2.75, 3.05) is 0 Å². The SMILES string of the molecule is Cc1nn(CC(=O)N[C@H](C)CCc2ccccc2)c(=O)c2ccccc12. The Morgan fingerprint density at radius 2 is 1.73 bits per heavy atom. The van der Waals surface area contributed by atoms with E-state index in [1.54, 1.807) is 6.07 Å². The zero-order valence-electron chi connectivity index (χ0n) is 15.1. The van der Waals surface area contributed by atoms with Gasteiger partial charge in [-0.3, -0.25) is 9.59 Å². The van der Waals surface area contributed by atoms with Crippen LogP contribution in [0.3, 0.4) is 0 Å². The van der Waals surface area contributed by atoms with Crippen molar-refractivity contribution in [1.29, 1.82) is 0 Å². The van der Waals surface area contributed by atoms with Crippen LogP contribution in [-0.4, -0.2) is 21.7 Å². The fourth-order valence-corrected chi connectivity index (χ4v) is 3.07. The summed E-state index contributed by atoms with van der Waals surface area (Å²) in [5.41, 5.74) is 1.75. The van der Waals surface area contributed by atoms with Crippen molar-refractivity contribution in [2.45, 2.75) is 39.3 Å². The van der Waals surface area contributed by atoms with Crippen molar-refractivity contribution in [2.24, 2.45) is 0 Å². The number of nitrogens with one attached hydrogen (secondary N) is 1. The molecule has 0 saturated carbocycles. The molecule has 3 aromatic rings. The van der Waals surface area contributed by atoms with Gasteiger partial charge in [0.15, 0.2) is 0 Å². The molecule has 0 aliphatic carbocycles. The number of carbonyl (C=O) groups is 1. The number of hydrogen-bond acceptors (Lipinski definition) is 3. The van der Waals surface area contributed by atoms with Crippen LogP contribution in [0.1, 0.15) is 24.6 Å². The van der Waals surface area contributed by atoms with Crippen molar-refractivity contribution < 1.29 is 4.79 Å². The minimum atomic E-state index is -0.238. The standard InChI is InChI=1S/C21H23N3O2/c1-15(12-13-17-8-4-3-5-9-17)22-20(25)14-24-21(26)19-11-7-6-10-18(19)16(2)23-24/h3-11,15H,12-14H2,1-2H3,(H,22,25)/t15-/m1/s1. The van der Waals surface area contributed by atoms with Gasteiger partial charge in [0.05, 0.1) is 11.1 Å². The van der Waals surface area contributed by atoms with Gasteiger partial charge in [0.2, 0.25) is 5.91 Å². The molecule has 1 aromatic heterocycles. The molecule has 1 N–H and O–H groups in total. The minimum absolute atomic E-state index is 0.0277. The molecule has 0 spiro atoms. The van der Waals surface area contributed by atoms with Gasteiger partial charge >= 0.3 is 0 Å². The second-order valence-corrected chi connectivity index (χ2v) is 6.59. The lowest BCUT2D eigenvalue weighted by Gasteiger charge is -2.15. The zero-order valence-corrected chi connectivity index (χ0v) is 15.1. The average molecular weight is 349 g/mol. The molecule has 0 unspecified atom stereocenters. The minimum Gasteiger partial charge on any atom is -0.352 e. The average Bonchev–Trinajstić information content (AvgIpc) is 2.65. The Morgan fingerprint density at radius 1 is 1.08 bits per heavy atom. The van der Waals surface area contributed by atoms with E-state index in [9.17, 15) is 9.59 Å². The molecule has 5 heteroatoms. The van der Waals surface area contributed by atoms with Gasteiger partial charge in [0.1, 0.15) is 6.54 Å². The fraction of sp³-hybridized carbons (Fsp3) is 0.286. The van der Waals surface area contributed by atoms with Gasteiger partial charge in [-0.05, 0) is 38.3 Å². The van der Waals surface area contributed by atoms with E-state index in [2.05, 4.69) is 22.5 Å². The monoisotopic (exact) mass is 349 g/mol. The topological polar surface area (TPSA) is 64.0 Å². The largest absolute Gasteiger partial charge is 0.352 e. The number of benzene rings is 2. The Balaban J connectivity index is 1.64. The van der Waals surface area contributed by atoms with E-state index < -0.39 is 0 Å². The molecule has 1 amide bonds. The number of hydrogen-bond donors (Lipinski definition) is 1. The molecule has 134 valence electrons. The van der Waals surface area contributed by atoms with E-state index in [1.165, 1.54) is 10.2 Å². The quantitative estimate of drug-likeness (QED) is 0.744. The van der Waals surface area contributed by atoms with Crippen LogP contribution in [0.5, 0.6) is 0 Å². The number of nitrogens with zero attached hydrogens (tertiary/aromatic N) is 2. The molecule has 0 aliphatic heterocycles. The number of aryl methyl sites for hydroxylation is 2. The summed E-state index contributed by atoms with van der Waals surface area (Å²) in [5.74, 6) is -0.199. The second-order valence-electron chi connectivity index (χ2n) is 6.59. The van der Waals surface area contributed by atoms with E-state index in [1.807, 2.05) is 50.2 Å². The van der Waals surface area contributed by atoms with Gasteiger partial charge in [-0.15, -0.1) is 0 Å². The highest BCUT2D eigenvalue weighted by molar-refractivity contribution is 5.83. The molecular weight excluding hydrogens is 326 g/mol. The van der Waals surface area contributed by atoms with Crippen LogP contribution in [0, 0.1) is 6.92 Å². The number of fused-ring (bicyclic) bond motifs is 1. The molecule has 0 bridgehead atoms. The summed E-state index contributed by atoms with van der Waals surface area (Å²) >= 11 is 0. The Labute approximate surface area is 152 Å². The summed E-state index contributed by atoms with van der Waals surface area (Å²) in [5, 5.41) is 8.65. The van der Waals surface area contributed by atoms with Crippen molar-refractivity contribution in [3.8, 4) is 0 Å². The molecule has 2 aromatic carbocycles. The summed E-state index contributed by atoms with van der Waals surface area (Å²) < 4.78 is 1.25. The second kappa shape index (κ2) is 7.95. The van der Waals surface area contributed by atoms with Crippen LogP contribution in [0.2, 0.25) is 0 Å². The first-order valence-electron chi connectivity index (χ1n) is 8.84.